The molecule has 2 amide bonds. The van der Waals surface area contributed by atoms with Gasteiger partial charge in [0.05, 0.1) is 18.3 Å². The maximum Gasteiger partial charge on any atom is 0.241 e. The first-order valence-electron chi connectivity index (χ1n) is 9.26. The Morgan fingerprint density at radius 2 is 1.88 bits per heavy atom. The van der Waals surface area contributed by atoms with Gasteiger partial charge in [-0.05, 0) is 38.2 Å². The molecule has 0 radical (unpaired) electrons. The topological polar surface area (TPSA) is 64.7 Å². The first-order chi connectivity index (χ1) is 12.6. The summed E-state index contributed by atoms with van der Waals surface area (Å²) in [5, 5.41) is 6.08. The predicted octanol–water partition coefficient (Wildman–Crippen LogP) is 1.63. The molecule has 1 saturated heterocycles. The highest BCUT2D eigenvalue weighted by molar-refractivity contribution is 7.98. The molecule has 2 aliphatic rings. The fraction of sp³-hybridized carbons (Fsp3) is 0.579. The number of hydrogen-bond donors (Lipinski definition) is 2. The van der Waals surface area contributed by atoms with Gasteiger partial charge in [-0.1, -0.05) is 12.1 Å². The van der Waals surface area contributed by atoms with Crippen molar-refractivity contribution in [3.05, 3.63) is 24.3 Å². The molecule has 0 aromatic heterocycles. The van der Waals surface area contributed by atoms with Crippen LogP contribution >= 0.6 is 11.8 Å². The molecule has 7 heteroatoms. The first-order valence-corrected chi connectivity index (χ1v) is 10.5. The van der Waals surface area contributed by atoms with Gasteiger partial charge in [0.2, 0.25) is 11.8 Å². The zero-order chi connectivity index (χ0) is 18.5. The molecule has 2 N–H and O–H groups in total. The summed E-state index contributed by atoms with van der Waals surface area (Å²) < 4.78 is 0. The molecular weight excluding hydrogens is 348 g/mol. The Bertz CT molecular complexity index is 642. The standard InChI is InChI=1S/C19H28N4O2S/c1-14(19(25)21-16-5-3-4-6-17(16)26-2)23-11-9-22(10-12-23)13-18(24)20-15-7-8-15/h3-6,14-15H,7-13H2,1-2H3,(H,20,24)(H,21,25)/t14-/m0/s1. The Labute approximate surface area is 159 Å². The van der Waals surface area contributed by atoms with Crippen LogP contribution < -0.4 is 10.6 Å². The van der Waals surface area contributed by atoms with Gasteiger partial charge in [0.15, 0.2) is 0 Å². The molecular formula is C19H28N4O2S. The molecule has 1 heterocycles. The molecule has 1 atom stereocenters. The minimum atomic E-state index is -0.188. The molecule has 1 aliphatic carbocycles. The third-order valence-electron chi connectivity index (χ3n) is 5.01. The van der Waals surface area contributed by atoms with E-state index in [1.807, 2.05) is 37.4 Å². The fourth-order valence-electron chi connectivity index (χ4n) is 3.16. The smallest absolute Gasteiger partial charge is 0.241 e. The molecule has 0 spiro atoms. The lowest BCUT2D eigenvalue weighted by Crippen LogP contribution is -2.54. The minimum absolute atomic E-state index is 0.0198. The number of thioether (sulfide) groups is 1. The second-order valence-corrected chi connectivity index (χ2v) is 7.87. The van der Waals surface area contributed by atoms with Gasteiger partial charge < -0.3 is 10.6 Å². The van der Waals surface area contributed by atoms with E-state index in [4.69, 9.17) is 0 Å². The van der Waals surface area contributed by atoms with Gasteiger partial charge in [-0.3, -0.25) is 19.4 Å². The molecule has 0 bridgehead atoms. The van der Waals surface area contributed by atoms with Crippen LogP contribution in [0, 0.1) is 0 Å². The number of anilines is 1. The summed E-state index contributed by atoms with van der Waals surface area (Å²) in [6.07, 6.45) is 4.24. The summed E-state index contributed by atoms with van der Waals surface area (Å²) in [5.41, 5.74) is 0.868. The van der Waals surface area contributed by atoms with Gasteiger partial charge in [-0.15, -0.1) is 11.8 Å². The number of para-hydroxylation sites is 1. The van der Waals surface area contributed by atoms with Gasteiger partial charge >= 0.3 is 0 Å². The van der Waals surface area contributed by atoms with Gasteiger partial charge in [0, 0.05) is 37.1 Å². The van der Waals surface area contributed by atoms with Crippen molar-refractivity contribution in [3.8, 4) is 0 Å². The number of nitrogens with one attached hydrogen (secondary N) is 2. The number of hydrogen-bond acceptors (Lipinski definition) is 5. The molecule has 2 fully saturated rings. The summed E-state index contributed by atoms with van der Waals surface area (Å²) in [4.78, 5) is 30.0. The minimum Gasteiger partial charge on any atom is -0.352 e. The Morgan fingerprint density at radius 3 is 2.54 bits per heavy atom. The van der Waals surface area contributed by atoms with Crippen LogP contribution in [0.1, 0.15) is 19.8 Å². The zero-order valence-electron chi connectivity index (χ0n) is 15.5. The van der Waals surface area contributed by atoms with Crippen molar-refractivity contribution >= 4 is 29.3 Å². The third kappa shape index (κ3) is 5.22. The van der Waals surface area contributed by atoms with Crippen LogP contribution in [0.15, 0.2) is 29.2 Å². The van der Waals surface area contributed by atoms with Crippen LogP contribution in [0.4, 0.5) is 5.69 Å². The first kappa shape index (κ1) is 19.2. The highest BCUT2D eigenvalue weighted by Gasteiger charge is 2.28. The van der Waals surface area contributed by atoms with E-state index in [0.29, 0.717) is 12.6 Å². The lowest BCUT2D eigenvalue weighted by atomic mass is 10.2. The van der Waals surface area contributed by atoms with Gasteiger partial charge in [0.25, 0.3) is 0 Å². The Balaban J connectivity index is 1.45. The Morgan fingerprint density at radius 1 is 1.19 bits per heavy atom. The monoisotopic (exact) mass is 376 g/mol. The molecule has 3 rings (SSSR count). The lowest BCUT2D eigenvalue weighted by Gasteiger charge is -2.37. The summed E-state index contributed by atoms with van der Waals surface area (Å²) >= 11 is 1.63. The van der Waals surface area contributed by atoms with E-state index < -0.39 is 0 Å². The predicted molar refractivity (Wildman–Crippen MR) is 105 cm³/mol. The normalized spacial score (nSPS) is 19.8. The largest absolute Gasteiger partial charge is 0.352 e. The number of nitrogens with zero attached hydrogens (tertiary/aromatic N) is 2. The highest BCUT2D eigenvalue weighted by atomic mass is 32.2. The van der Waals surface area contributed by atoms with Crippen molar-refractivity contribution in [2.45, 2.75) is 36.7 Å². The van der Waals surface area contributed by atoms with E-state index >= 15 is 0 Å². The van der Waals surface area contributed by atoms with E-state index in [9.17, 15) is 9.59 Å². The molecule has 1 aromatic rings. The van der Waals surface area contributed by atoms with E-state index in [0.717, 1.165) is 49.6 Å². The summed E-state index contributed by atoms with van der Waals surface area (Å²) in [7, 11) is 0. The van der Waals surface area contributed by atoms with Crippen LogP contribution in [-0.2, 0) is 9.59 Å². The molecule has 1 aliphatic heterocycles. The number of carbonyl (C=O) groups excluding carboxylic acids is 2. The van der Waals surface area contributed by atoms with Gasteiger partial charge in [0.1, 0.15) is 0 Å². The van der Waals surface area contributed by atoms with E-state index in [-0.39, 0.29) is 17.9 Å². The quantitative estimate of drug-likeness (QED) is 0.708. The van der Waals surface area contributed by atoms with Gasteiger partial charge in [-0.2, -0.15) is 0 Å². The fourth-order valence-corrected chi connectivity index (χ4v) is 3.72. The second-order valence-electron chi connectivity index (χ2n) is 7.02. The highest BCUT2D eigenvalue weighted by Crippen LogP contribution is 2.25. The number of carbonyl (C=O) groups is 2. The van der Waals surface area contributed by atoms with Crippen molar-refractivity contribution < 1.29 is 9.59 Å². The van der Waals surface area contributed by atoms with Crippen LogP contribution in [0.3, 0.4) is 0 Å². The van der Waals surface area contributed by atoms with Crippen molar-refractivity contribution in [2.75, 3.05) is 44.3 Å². The van der Waals surface area contributed by atoms with Gasteiger partial charge in [-0.25, -0.2) is 0 Å². The van der Waals surface area contributed by atoms with Crippen molar-refractivity contribution in [1.29, 1.82) is 0 Å². The molecule has 142 valence electrons. The zero-order valence-corrected chi connectivity index (χ0v) is 16.3. The number of benzene rings is 1. The van der Waals surface area contributed by atoms with Crippen LogP contribution in [0.2, 0.25) is 0 Å². The second kappa shape index (κ2) is 8.88. The van der Waals surface area contributed by atoms with Crippen LogP contribution in [0.25, 0.3) is 0 Å². The summed E-state index contributed by atoms with van der Waals surface area (Å²) in [6, 6.07) is 8.09. The Hall–Kier alpha value is -1.57. The van der Waals surface area contributed by atoms with E-state index in [1.54, 1.807) is 11.8 Å². The number of amides is 2. The van der Waals surface area contributed by atoms with Crippen LogP contribution in [-0.4, -0.2) is 72.7 Å². The van der Waals surface area contributed by atoms with E-state index in [1.165, 1.54) is 0 Å². The average molecular weight is 377 g/mol. The van der Waals surface area contributed by atoms with Crippen molar-refractivity contribution in [1.82, 2.24) is 15.1 Å². The molecule has 6 nitrogen and oxygen atoms in total. The Kier molecular flexibility index (Phi) is 6.56. The SMILES string of the molecule is CSc1ccccc1NC(=O)[C@H](C)N1CCN(CC(=O)NC2CC2)CC1. The van der Waals surface area contributed by atoms with Crippen LogP contribution in [0.5, 0.6) is 0 Å². The molecule has 26 heavy (non-hydrogen) atoms. The average Bonchev–Trinajstić information content (AvgIpc) is 3.46. The number of rotatable bonds is 7. The molecule has 0 unspecified atom stereocenters. The molecule has 1 saturated carbocycles. The van der Waals surface area contributed by atoms with Crippen molar-refractivity contribution in [3.63, 3.8) is 0 Å². The third-order valence-corrected chi connectivity index (χ3v) is 5.80. The van der Waals surface area contributed by atoms with E-state index in [2.05, 4.69) is 20.4 Å². The lowest BCUT2D eigenvalue weighted by molar-refractivity contribution is -0.124. The molecule has 1 aromatic carbocycles. The summed E-state index contributed by atoms with van der Waals surface area (Å²) in [6.45, 7) is 5.65. The number of piperazine rings is 1. The summed E-state index contributed by atoms with van der Waals surface area (Å²) in [5.74, 6) is 0.145. The van der Waals surface area contributed by atoms with Crippen molar-refractivity contribution in [2.24, 2.45) is 0 Å². The maximum atomic E-state index is 12.6. The maximum absolute atomic E-state index is 12.6.